The van der Waals surface area contributed by atoms with E-state index in [0.717, 1.165) is 66.2 Å². The molecule has 0 aliphatic heterocycles. The molecular weight excluding hydrogens is 617 g/mol. The fraction of sp³-hybridized carbons (Fsp3) is 0. The smallest absolute Gasteiger partial charge is 0.137 e. The first kappa shape index (κ1) is 27.8. The third kappa shape index (κ3) is 4.85. The van der Waals surface area contributed by atoms with Gasteiger partial charge in [-0.1, -0.05) is 91.0 Å². The molecule has 10 aromatic rings. The second kappa shape index (κ2) is 11.2. The fourth-order valence-corrected chi connectivity index (χ4v) is 7.95. The zero-order valence-electron chi connectivity index (χ0n) is 26.4. The van der Waals surface area contributed by atoms with Crippen LogP contribution in [0.1, 0.15) is 0 Å². The SMILES string of the molecule is c1ccc(N(c2ccc3cc4ccccc4cc3c2)c2ccc3c(c2)oc2cc(-c4ccc(-c5nc6ccccc6s5)cc4)ccc23)cc1. The van der Waals surface area contributed by atoms with Gasteiger partial charge in [-0.2, -0.15) is 0 Å². The second-order valence-corrected chi connectivity index (χ2v) is 13.5. The average molecular weight is 645 g/mol. The van der Waals surface area contributed by atoms with Crippen LogP contribution in [0.3, 0.4) is 0 Å². The van der Waals surface area contributed by atoms with Crippen LogP contribution in [0.15, 0.2) is 174 Å². The molecule has 0 aliphatic rings. The van der Waals surface area contributed by atoms with Crippen LogP contribution in [0.5, 0.6) is 0 Å². The average Bonchev–Trinajstić information content (AvgIpc) is 3.76. The second-order valence-electron chi connectivity index (χ2n) is 12.5. The molecular formula is C45H28N2OS. The van der Waals surface area contributed by atoms with Gasteiger partial charge in [-0.15, -0.1) is 11.3 Å². The number of thiazole rings is 1. The maximum atomic E-state index is 6.59. The van der Waals surface area contributed by atoms with Gasteiger partial charge in [-0.3, -0.25) is 0 Å². The number of para-hydroxylation sites is 2. The van der Waals surface area contributed by atoms with Crippen molar-refractivity contribution >= 4 is 82.1 Å². The van der Waals surface area contributed by atoms with Crippen LogP contribution in [0.4, 0.5) is 17.1 Å². The van der Waals surface area contributed by atoms with E-state index >= 15 is 0 Å². The summed E-state index contributed by atoms with van der Waals surface area (Å²) in [4.78, 5) is 7.14. The summed E-state index contributed by atoms with van der Waals surface area (Å²) in [6, 6.07) is 60.4. The predicted molar refractivity (Wildman–Crippen MR) is 207 cm³/mol. The summed E-state index contributed by atoms with van der Waals surface area (Å²) in [5.74, 6) is 0. The van der Waals surface area contributed by atoms with E-state index in [1.807, 2.05) is 6.07 Å². The third-order valence-corrected chi connectivity index (χ3v) is 10.5. The lowest BCUT2D eigenvalue weighted by Gasteiger charge is -2.25. The van der Waals surface area contributed by atoms with Crippen molar-refractivity contribution < 1.29 is 4.42 Å². The van der Waals surface area contributed by atoms with Crippen molar-refractivity contribution in [3.63, 3.8) is 0 Å². The Kier molecular flexibility index (Phi) is 6.36. The highest BCUT2D eigenvalue weighted by Crippen LogP contribution is 2.40. The number of furan rings is 1. The van der Waals surface area contributed by atoms with E-state index in [9.17, 15) is 0 Å². The molecule has 3 nitrogen and oxygen atoms in total. The van der Waals surface area contributed by atoms with Gasteiger partial charge in [0.1, 0.15) is 16.2 Å². The summed E-state index contributed by atoms with van der Waals surface area (Å²) >= 11 is 1.73. The van der Waals surface area contributed by atoms with Gasteiger partial charge in [0.05, 0.1) is 10.2 Å². The standard InChI is InChI=1S/C45H28N2OS/c1-2-10-36(11-3-1)47(37-20-18-33-24-31-8-4-5-9-32(31)25-35(33)26-37)38-21-23-40-39-22-19-34(27-42(39)48-43(40)28-38)29-14-16-30(17-15-29)45-46-41-12-6-7-13-44(41)49-45/h1-28H. The molecule has 230 valence electrons. The predicted octanol–water partition coefficient (Wildman–Crippen LogP) is 13.3. The van der Waals surface area contributed by atoms with Crippen molar-refractivity contribution in [2.75, 3.05) is 4.90 Å². The Morgan fingerprint density at radius 3 is 1.86 bits per heavy atom. The van der Waals surface area contributed by atoms with Crippen LogP contribution in [0.2, 0.25) is 0 Å². The molecule has 2 aromatic heterocycles. The molecule has 0 fully saturated rings. The number of nitrogens with zero attached hydrogens (tertiary/aromatic N) is 2. The lowest BCUT2D eigenvalue weighted by atomic mass is 10.0. The molecule has 0 aliphatic carbocycles. The summed E-state index contributed by atoms with van der Waals surface area (Å²) in [7, 11) is 0. The number of anilines is 3. The van der Waals surface area contributed by atoms with E-state index in [1.165, 1.54) is 26.2 Å². The molecule has 0 saturated heterocycles. The molecule has 0 bridgehead atoms. The molecule has 0 saturated carbocycles. The van der Waals surface area contributed by atoms with Gasteiger partial charge >= 0.3 is 0 Å². The lowest BCUT2D eigenvalue weighted by Crippen LogP contribution is -2.09. The number of hydrogen-bond acceptors (Lipinski definition) is 4. The van der Waals surface area contributed by atoms with Gasteiger partial charge < -0.3 is 9.32 Å². The normalized spacial score (nSPS) is 11.7. The number of hydrogen-bond donors (Lipinski definition) is 0. The minimum absolute atomic E-state index is 0.864. The molecule has 4 heteroatoms. The first-order valence-corrected chi connectivity index (χ1v) is 17.3. The Labute approximate surface area is 286 Å². The fourth-order valence-electron chi connectivity index (χ4n) is 6.98. The van der Waals surface area contributed by atoms with Crippen LogP contribution >= 0.6 is 11.3 Å². The molecule has 0 spiro atoms. The number of benzene rings is 8. The largest absolute Gasteiger partial charge is 0.456 e. The highest BCUT2D eigenvalue weighted by Gasteiger charge is 2.17. The molecule has 0 atom stereocenters. The van der Waals surface area contributed by atoms with Crippen molar-refractivity contribution in [1.29, 1.82) is 0 Å². The Morgan fingerprint density at radius 2 is 1.04 bits per heavy atom. The van der Waals surface area contributed by atoms with Crippen LogP contribution in [0, 0.1) is 0 Å². The number of fused-ring (bicyclic) bond motifs is 6. The third-order valence-electron chi connectivity index (χ3n) is 9.44. The maximum Gasteiger partial charge on any atom is 0.137 e. The van der Waals surface area contributed by atoms with Gasteiger partial charge in [-0.05, 0) is 105 Å². The van der Waals surface area contributed by atoms with Crippen LogP contribution in [-0.2, 0) is 0 Å². The molecule has 0 unspecified atom stereocenters. The zero-order chi connectivity index (χ0) is 32.3. The molecule has 10 rings (SSSR count). The Morgan fingerprint density at radius 1 is 0.429 bits per heavy atom. The van der Waals surface area contributed by atoms with Crippen molar-refractivity contribution in [2.45, 2.75) is 0 Å². The van der Waals surface area contributed by atoms with Crippen molar-refractivity contribution in [2.24, 2.45) is 0 Å². The van der Waals surface area contributed by atoms with Crippen molar-refractivity contribution in [1.82, 2.24) is 4.98 Å². The molecule has 2 heterocycles. The van der Waals surface area contributed by atoms with E-state index in [0.29, 0.717) is 0 Å². The molecule has 0 N–H and O–H groups in total. The molecule has 0 amide bonds. The van der Waals surface area contributed by atoms with Gasteiger partial charge in [0.2, 0.25) is 0 Å². The summed E-state index contributed by atoms with van der Waals surface area (Å²) in [5, 5.41) is 8.19. The monoisotopic (exact) mass is 644 g/mol. The number of rotatable bonds is 5. The van der Waals surface area contributed by atoms with Crippen LogP contribution in [0.25, 0.3) is 75.4 Å². The van der Waals surface area contributed by atoms with Gasteiger partial charge in [0, 0.05) is 39.5 Å². The Balaban J connectivity index is 1.03. The van der Waals surface area contributed by atoms with Gasteiger partial charge in [0.25, 0.3) is 0 Å². The van der Waals surface area contributed by atoms with E-state index in [-0.39, 0.29) is 0 Å². The first-order valence-electron chi connectivity index (χ1n) is 16.4. The minimum Gasteiger partial charge on any atom is -0.456 e. The highest BCUT2D eigenvalue weighted by molar-refractivity contribution is 7.21. The van der Waals surface area contributed by atoms with Gasteiger partial charge in [0.15, 0.2) is 0 Å². The topological polar surface area (TPSA) is 29.3 Å². The first-order chi connectivity index (χ1) is 24.2. The van der Waals surface area contributed by atoms with Gasteiger partial charge in [-0.25, -0.2) is 4.98 Å². The quantitative estimate of drug-likeness (QED) is 0.175. The molecule has 0 radical (unpaired) electrons. The Bertz CT molecular complexity index is 2800. The summed E-state index contributed by atoms with van der Waals surface area (Å²) in [6.45, 7) is 0. The van der Waals surface area contributed by atoms with Crippen molar-refractivity contribution in [3.8, 4) is 21.7 Å². The Hall–Kier alpha value is -6.23. The number of aromatic nitrogens is 1. The minimum atomic E-state index is 0.864. The summed E-state index contributed by atoms with van der Waals surface area (Å²) in [5.41, 5.74) is 9.42. The van der Waals surface area contributed by atoms with E-state index in [2.05, 4.69) is 169 Å². The summed E-state index contributed by atoms with van der Waals surface area (Å²) < 4.78 is 7.79. The maximum absolute atomic E-state index is 6.59. The lowest BCUT2D eigenvalue weighted by molar-refractivity contribution is 0.669. The molecule has 49 heavy (non-hydrogen) atoms. The van der Waals surface area contributed by atoms with E-state index in [1.54, 1.807) is 11.3 Å². The van der Waals surface area contributed by atoms with Crippen molar-refractivity contribution in [3.05, 3.63) is 170 Å². The molecule has 8 aromatic carbocycles. The van der Waals surface area contributed by atoms with E-state index < -0.39 is 0 Å². The van der Waals surface area contributed by atoms with Crippen LogP contribution < -0.4 is 4.90 Å². The highest BCUT2D eigenvalue weighted by atomic mass is 32.1. The summed E-state index contributed by atoms with van der Waals surface area (Å²) in [6.07, 6.45) is 0. The van der Waals surface area contributed by atoms with E-state index in [4.69, 9.17) is 9.40 Å². The zero-order valence-corrected chi connectivity index (χ0v) is 27.2. The van der Waals surface area contributed by atoms with Crippen LogP contribution in [-0.4, -0.2) is 4.98 Å².